The van der Waals surface area contributed by atoms with Crippen LogP contribution in [0.15, 0.2) is 29.2 Å². The number of hydrogen-bond donors (Lipinski definition) is 1. The van der Waals surface area contributed by atoms with Crippen LogP contribution in [0, 0.1) is 0 Å². The molecule has 0 radical (unpaired) electrons. The molecule has 1 aromatic carbocycles. The highest BCUT2D eigenvalue weighted by molar-refractivity contribution is 7.89. The third-order valence-electron chi connectivity index (χ3n) is 3.80. The lowest BCUT2D eigenvalue weighted by atomic mass is 10.1. The lowest BCUT2D eigenvalue weighted by Crippen LogP contribution is -2.46. The summed E-state index contributed by atoms with van der Waals surface area (Å²) in [5.41, 5.74) is 1.09. The Bertz CT molecular complexity index is 557. The molecule has 0 saturated carbocycles. The molecule has 2 rings (SSSR count). The van der Waals surface area contributed by atoms with Crippen LogP contribution < -0.4 is 5.32 Å². The van der Waals surface area contributed by atoms with E-state index in [2.05, 4.69) is 19.2 Å². The molecule has 0 aromatic heterocycles. The number of rotatable bonds is 5. The van der Waals surface area contributed by atoms with E-state index in [0.717, 1.165) is 12.1 Å². The zero-order valence-electron chi connectivity index (χ0n) is 12.9. The van der Waals surface area contributed by atoms with Gasteiger partial charge in [-0.25, -0.2) is 8.42 Å². The molecule has 118 valence electrons. The van der Waals surface area contributed by atoms with Gasteiger partial charge in [-0.05, 0) is 38.1 Å². The normalized spacial score (nSPS) is 22.1. The average molecular weight is 312 g/mol. The van der Waals surface area contributed by atoms with Crippen molar-refractivity contribution >= 4 is 10.0 Å². The number of ether oxygens (including phenoxy) is 1. The number of sulfonamides is 1. The van der Waals surface area contributed by atoms with Crippen LogP contribution >= 0.6 is 0 Å². The van der Waals surface area contributed by atoms with E-state index in [1.54, 1.807) is 12.1 Å². The molecule has 2 unspecified atom stereocenters. The third kappa shape index (κ3) is 3.63. The fourth-order valence-corrected chi connectivity index (χ4v) is 4.16. The van der Waals surface area contributed by atoms with Gasteiger partial charge in [0, 0.05) is 18.6 Å². The lowest BCUT2D eigenvalue weighted by molar-refractivity contribution is 0.0393. The summed E-state index contributed by atoms with van der Waals surface area (Å²) in [4.78, 5) is 0.351. The second-order valence-corrected chi connectivity index (χ2v) is 7.28. The van der Waals surface area contributed by atoms with E-state index in [1.165, 1.54) is 4.31 Å². The first kappa shape index (κ1) is 16.4. The summed E-state index contributed by atoms with van der Waals surface area (Å²) in [6.45, 7) is 8.20. The Morgan fingerprint density at radius 1 is 1.38 bits per heavy atom. The van der Waals surface area contributed by atoms with Gasteiger partial charge >= 0.3 is 0 Å². The first-order valence-electron chi connectivity index (χ1n) is 7.39. The van der Waals surface area contributed by atoms with Crippen molar-refractivity contribution < 1.29 is 13.2 Å². The van der Waals surface area contributed by atoms with Gasteiger partial charge in [0.2, 0.25) is 10.0 Å². The maximum Gasteiger partial charge on any atom is 0.243 e. The molecule has 1 saturated heterocycles. The zero-order valence-corrected chi connectivity index (χ0v) is 13.7. The lowest BCUT2D eigenvalue weighted by Gasteiger charge is -2.32. The van der Waals surface area contributed by atoms with Crippen molar-refractivity contribution in [3.8, 4) is 0 Å². The van der Waals surface area contributed by atoms with Crippen LogP contribution in [0.2, 0.25) is 0 Å². The van der Waals surface area contributed by atoms with E-state index in [4.69, 9.17) is 4.74 Å². The van der Waals surface area contributed by atoms with Gasteiger partial charge in [-0.1, -0.05) is 19.1 Å². The molecule has 5 nitrogen and oxygen atoms in total. The molecule has 0 bridgehead atoms. The van der Waals surface area contributed by atoms with Gasteiger partial charge in [-0.2, -0.15) is 4.31 Å². The Labute approximate surface area is 127 Å². The monoisotopic (exact) mass is 312 g/mol. The molecular weight excluding hydrogens is 288 g/mol. The SMILES string of the molecule is CCNC(C)c1ccc(S(=O)(=O)N2CCOCC2C)cc1. The van der Waals surface area contributed by atoms with Crippen molar-refractivity contribution in [2.24, 2.45) is 0 Å². The first-order chi connectivity index (χ1) is 9.96. The fraction of sp³-hybridized carbons (Fsp3) is 0.600. The highest BCUT2D eigenvalue weighted by Crippen LogP contribution is 2.22. The Balaban J connectivity index is 2.20. The molecule has 1 fully saturated rings. The summed E-state index contributed by atoms with van der Waals surface area (Å²) < 4.78 is 32.2. The zero-order chi connectivity index (χ0) is 15.5. The van der Waals surface area contributed by atoms with E-state index in [0.29, 0.717) is 24.7 Å². The Morgan fingerprint density at radius 2 is 2.05 bits per heavy atom. The van der Waals surface area contributed by atoms with Crippen LogP contribution in [0.4, 0.5) is 0 Å². The second kappa shape index (κ2) is 6.87. The molecule has 1 aliphatic rings. The quantitative estimate of drug-likeness (QED) is 0.900. The molecular formula is C15H24N2O3S. The molecule has 1 N–H and O–H groups in total. The third-order valence-corrected chi connectivity index (χ3v) is 5.83. The summed E-state index contributed by atoms with van der Waals surface area (Å²) in [6, 6.07) is 7.25. The van der Waals surface area contributed by atoms with Crippen molar-refractivity contribution in [2.45, 2.75) is 37.8 Å². The highest BCUT2D eigenvalue weighted by atomic mass is 32.2. The topological polar surface area (TPSA) is 58.6 Å². The van der Waals surface area contributed by atoms with Crippen molar-refractivity contribution in [2.75, 3.05) is 26.3 Å². The summed E-state index contributed by atoms with van der Waals surface area (Å²) in [6.07, 6.45) is 0. The van der Waals surface area contributed by atoms with Crippen LogP contribution in [0.25, 0.3) is 0 Å². The van der Waals surface area contributed by atoms with Crippen molar-refractivity contribution in [3.05, 3.63) is 29.8 Å². The van der Waals surface area contributed by atoms with Crippen molar-refractivity contribution in [1.29, 1.82) is 0 Å². The number of hydrogen-bond acceptors (Lipinski definition) is 4. The molecule has 0 aliphatic carbocycles. The molecule has 1 heterocycles. The molecule has 0 amide bonds. The standard InChI is InChI=1S/C15H24N2O3S/c1-4-16-13(3)14-5-7-15(8-6-14)21(18,19)17-9-10-20-11-12(17)2/h5-8,12-13,16H,4,9-11H2,1-3H3. The average Bonchev–Trinajstić information content (AvgIpc) is 2.48. The van der Waals surface area contributed by atoms with Gasteiger partial charge in [0.1, 0.15) is 0 Å². The minimum Gasteiger partial charge on any atom is -0.378 e. The maximum atomic E-state index is 12.7. The first-order valence-corrected chi connectivity index (χ1v) is 8.83. The highest BCUT2D eigenvalue weighted by Gasteiger charge is 2.31. The van der Waals surface area contributed by atoms with E-state index >= 15 is 0 Å². The summed E-state index contributed by atoms with van der Waals surface area (Å²) >= 11 is 0. The molecule has 2 atom stereocenters. The van der Waals surface area contributed by atoms with Crippen LogP contribution in [0.1, 0.15) is 32.4 Å². The van der Waals surface area contributed by atoms with Crippen LogP contribution in [0.5, 0.6) is 0 Å². The maximum absolute atomic E-state index is 12.7. The van der Waals surface area contributed by atoms with Gasteiger partial charge in [0.15, 0.2) is 0 Å². The molecule has 21 heavy (non-hydrogen) atoms. The number of nitrogens with zero attached hydrogens (tertiary/aromatic N) is 1. The summed E-state index contributed by atoms with van der Waals surface area (Å²) in [7, 11) is -3.43. The summed E-state index contributed by atoms with van der Waals surface area (Å²) in [5, 5.41) is 3.31. The Kier molecular flexibility index (Phi) is 5.37. The Morgan fingerprint density at radius 3 is 2.62 bits per heavy atom. The van der Waals surface area contributed by atoms with Crippen LogP contribution in [-0.2, 0) is 14.8 Å². The molecule has 0 spiro atoms. The fourth-order valence-electron chi connectivity index (χ4n) is 2.56. The van der Waals surface area contributed by atoms with Gasteiger partial charge < -0.3 is 10.1 Å². The van der Waals surface area contributed by atoms with Crippen molar-refractivity contribution in [1.82, 2.24) is 9.62 Å². The van der Waals surface area contributed by atoms with Crippen LogP contribution in [-0.4, -0.2) is 45.1 Å². The van der Waals surface area contributed by atoms with E-state index < -0.39 is 10.0 Å². The number of morpholine rings is 1. The van der Waals surface area contributed by atoms with Crippen molar-refractivity contribution in [3.63, 3.8) is 0 Å². The van der Waals surface area contributed by atoms with Gasteiger partial charge in [0.05, 0.1) is 18.1 Å². The molecule has 1 aliphatic heterocycles. The predicted octanol–water partition coefficient (Wildman–Crippen LogP) is 1.77. The Hall–Kier alpha value is -0.950. The second-order valence-electron chi connectivity index (χ2n) is 5.39. The minimum absolute atomic E-state index is 0.121. The van der Waals surface area contributed by atoms with Gasteiger partial charge in [-0.15, -0.1) is 0 Å². The smallest absolute Gasteiger partial charge is 0.243 e. The molecule has 1 aromatic rings. The van der Waals surface area contributed by atoms with Gasteiger partial charge in [-0.3, -0.25) is 0 Å². The van der Waals surface area contributed by atoms with E-state index in [9.17, 15) is 8.42 Å². The minimum atomic E-state index is -3.43. The number of nitrogens with one attached hydrogen (secondary N) is 1. The molecule has 6 heteroatoms. The predicted molar refractivity (Wildman–Crippen MR) is 82.7 cm³/mol. The van der Waals surface area contributed by atoms with Gasteiger partial charge in [0.25, 0.3) is 0 Å². The van der Waals surface area contributed by atoms with E-state index in [1.807, 2.05) is 19.1 Å². The summed E-state index contributed by atoms with van der Waals surface area (Å²) in [5.74, 6) is 0. The van der Waals surface area contributed by atoms with E-state index in [-0.39, 0.29) is 12.1 Å². The number of benzene rings is 1. The largest absolute Gasteiger partial charge is 0.378 e. The van der Waals surface area contributed by atoms with Crippen LogP contribution in [0.3, 0.4) is 0 Å².